The Balaban J connectivity index is 0.000000201. The molecule has 0 amide bonds. The number of para-hydroxylation sites is 1. The van der Waals surface area contributed by atoms with Crippen molar-refractivity contribution in [1.29, 1.82) is 0 Å². The molecule has 3 heterocycles. The number of nitrogens with one attached hydrogen (secondary N) is 1. The minimum absolute atomic E-state index is 0.00280. The number of ether oxygens (including phenoxy) is 2. The van der Waals surface area contributed by atoms with E-state index in [1.54, 1.807) is 43.3 Å². The molecule has 0 aliphatic carbocycles. The summed E-state index contributed by atoms with van der Waals surface area (Å²) < 4.78 is 56.2. The normalized spacial score (nSPS) is 16.4. The molecule has 2 N–H and O–H groups in total. The maximum absolute atomic E-state index is 12.9. The zero-order chi connectivity index (χ0) is 29.0. The largest absolute Gasteiger partial charge is 0.496 e. The second kappa shape index (κ2) is 11.6. The predicted octanol–water partition coefficient (Wildman–Crippen LogP) is 2.81. The van der Waals surface area contributed by atoms with E-state index >= 15 is 0 Å². The van der Waals surface area contributed by atoms with E-state index in [0.717, 1.165) is 16.7 Å². The molecule has 1 aliphatic rings. The number of benzene rings is 2. The number of aryl methyl sites for hydroxylation is 1. The lowest BCUT2D eigenvalue weighted by Crippen LogP contribution is -2.33. The van der Waals surface area contributed by atoms with Gasteiger partial charge < -0.3 is 14.6 Å². The Kier molecular flexibility index (Phi) is 8.21. The molecule has 0 spiro atoms. The SMILES string of the molecule is COc1ccccc1-c1noc(=O)n1-c1cccc(C(F)(F)F)c1.Cc1cn([C@H]2C=C[C@@H](CO)O2)c(=O)[nH]c1=O. The van der Waals surface area contributed by atoms with E-state index in [4.69, 9.17) is 14.6 Å². The number of hydrogen-bond donors (Lipinski definition) is 2. The van der Waals surface area contributed by atoms with Crippen LogP contribution in [0.3, 0.4) is 0 Å². The number of rotatable bonds is 5. The number of aromatic amines is 1. The van der Waals surface area contributed by atoms with Gasteiger partial charge in [-0.25, -0.2) is 14.2 Å². The summed E-state index contributed by atoms with van der Waals surface area (Å²) in [5, 5.41) is 12.6. The summed E-state index contributed by atoms with van der Waals surface area (Å²) in [5.74, 6) is -0.432. The number of hydrogen-bond acceptors (Lipinski definition) is 8. The molecular weight excluding hydrogens is 537 g/mol. The first-order valence-corrected chi connectivity index (χ1v) is 11.7. The number of methoxy groups -OCH3 is 1. The third-order valence-corrected chi connectivity index (χ3v) is 5.79. The van der Waals surface area contributed by atoms with Crippen LogP contribution < -0.4 is 21.7 Å². The zero-order valence-electron chi connectivity index (χ0n) is 21.1. The molecule has 2 aromatic heterocycles. The highest BCUT2D eigenvalue weighted by Crippen LogP contribution is 2.32. The molecular formula is C26H23F3N4O7. The van der Waals surface area contributed by atoms with Gasteiger partial charge in [-0.1, -0.05) is 29.4 Å². The van der Waals surface area contributed by atoms with E-state index in [-0.39, 0.29) is 18.1 Å². The zero-order valence-corrected chi connectivity index (χ0v) is 21.1. The van der Waals surface area contributed by atoms with Crippen LogP contribution in [0.1, 0.15) is 17.4 Å². The summed E-state index contributed by atoms with van der Waals surface area (Å²) in [4.78, 5) is 36.8. The standard InChI is InChI=1S/C16H11F3N2O3.C10H12N2O4/c1-23-13-8-3-2-7-12(13)14-20-24-15(22)21(14)11-6-4-5-10(9-11)16(17,18)19;1-6-4-12(10(15)11-9(6)14)8-3-2-7(5-13)16-8/h2-9H,1H3;2-4,7-8,13H,5H2,1H3,(H,11,14,15)/t;7-,8+/m.0/s1. The van der Waals surface area contributed by atoms with Crippen molar-refractivity contribution in [3.63, 3.8) is 0 Å². The van der Waals surface area contributed by atoms with Gasteiger partial charge in [-0.2, -0.15) is 13.2 Å². The van der Waals surface area contributed by atoms with Crippen molar-refractivity contribution in [2.24, 2.45) is 0 Å². The molecule has 0 fully saturated rings. The minimum atomic E-state index is -4.53. The minimum Gasteiger partial charge on any atom is -0.496 e. The van der Waals surface area contributed by atoms with E-state index in [1.165, 1.54) is 30.0 Å². The fourth-order valence-corrected chi connectivity index (χ4v) is 3.82. The second-order valence-electron chi connectivity index (χ2n) is 8.47. The van der Waals surface area contributed by atoms with Gasteiger partial charge in [0.15, 0.2) is 12.1 Å². The van der Waals surface area contributed by atoms with E-state index in [0.29, 0.717) is 16.9 Å². The Hall–Kier alpha value is -4.69. The Morgan fingerprint density at radius 3 is 2.52 bits per heavy atom. The van der Waals surface area contributed by atoms with Crippen molar-refractivity contribution in [2.45, 2.75) is 25.4 Å². The monoisotopic (exact) mass is 560 g/mol. The summed E-state index contributed by atoms with van der Waals surface area (Å²) in [5.41, 5.74) is -0.950. The number of halogens is 3. The molecule has 4 aromatic rings. The van der Waals surface area contributed by atoms with Crippen molar-refractivity contribution in [3.8, 4) is 22.8 Å². The lowest BCUT2D eigenvalue weighted by Gasteiger charge is -2.14. The first-order chi connectivity index (χ1) is 19.0. The average Bonchev–Trinajstić information content (AvgIpc) is 3.57. The van der Waals surface area contributed by atoms with Gasteiger partial charge in [0.1, 0.15) is 11.9 Å². The highest BCUT2D eigenvalue weighted by atomic mass is 19.4. The average molecular weight is 560 g/mol. The molecule has 40 heavy (non-hydrogen) atoms. The first-order valence-electron chi connectivity index (χ1n) is 11.7. The number of aliphatic hydroxyl groups is 1. The summed E-state index contributed by atoms with van der Waals surface area (Å²) >= 11 is 0. The number of alkyl halides is 3. The van der Waals surface area contributed by atoms with Crippen LogP contribution in [0, 0.1) is 6.92 Å². The topological polar surface area (TPSA) is 142 Å². The van der Waals surface area contributed by atoms with Gasteiger partial charge in [0.2, 0.25) is 0 Å². The van der Waals surface area contributed by atoms with Gasteiger partial charge in [-0.15, -0.1) is 0 Å². The van der Waals surface area contributed by atoms with Crippen LogP contribution in [-0.4, -0.2) is 44.2 Å². The van der Waals surface area contributed by atoms with Crippen LogP contribution >= 0.6 is 0 Å². The van der Waals surface area contributed by atoms with E-state index < -0.39 is 41.1 Å². The first kappa shape index (κ1) is 28.3. The second-order valence-corrected chi connectivity index (χ2v) is 8.47. The van der Waals surface area contributed by atoms with Crippen molar-refractivity contribution < 1.29 is 32.3 Å². The lowest BCUT2D eigenvalue weighted by atomic mass is 10.1. The van der Waals surface area contributed by atoms with Gasteiger partial charge in [-0.3, -0.25) is 18.9 Å². The van der Waals surface area contributed by atoms with Gasteiger partial charge in [-0.05, 0) is 43.3 Å². The predicted molar refractivity (Wildman–Crippen MR) is 135 cm³/mol. The summed E-state index contributed by atoms with van der Waals surface area (Å²) in [6, 6.07) is 11.0. The molecule has 0 unspecified atom stereocenters. The van der Waals surface area contributed by atoms with Crippen LogP contribution in [0.25, 0.3) is 17.1 Å². The van der Waals surface area contributed by atoms with Crippen molar-refractivity contribution >= 4 is 0 Å². The summed E-state index contributed by atoms with van der Waals surface area (Å²) in [6.45, 7) is 1.47. The number of aliphatic hydroxyl groups excluding tert-OH is 1. The third-order valence-electron chi connectivity index (χ3n) is 5.79. The fraction of sp³-hybridized carbons (Fsp3) is 0.231. The van der Waals surface area contributed by atoms with E-state index in [2.05, 4.69) is 14.7 Å². The highest BCUT2D eigenvalue weighted by molar-refractivity contribution is 5.65. The van der Waals surface area contributed by atoms with Crippen LogP contribution in [0.2, 0.25) is 0 Å². The number of nitrogens with zero attached hydrogens (tertiary/aromatic N) is 3. The molecule has 0 saturated carbocycles. The summed E-state index contributed by atoms with van der Waals surface area (Å²) in [7, 11) is 1.44. The smallest absolute Gasteiger partial charge is 0.446 e. The molecule has 0 bridgehead atoms. The van der Waals surface area contributed by atoms with Crippen LogP contribution in [0.15, 0.2) is 85.8 Å². The third kappa shape index (κ3) is 5.97. The van der Waals surface area contributed by atoms with Crippen molar-refractivity contribution in [3.05, 3.63) is 109 Å². The van der Waals surface area contributed by atoms with E-state index in [9.17, 15) is 27.6 Å². The van der Waals surface area contributed by atoms with Crippen molar-refractivity contribution in [1.82, 2.24) is 19.3 Å². The molecule has 1 aliphatic heterocycles. The molecule has 2 atom stereocenters. The van der Waals surface area contributed by atoms with Crippen LogP contribution in [0.5, 0.6) is 5.75 Å². The Morgan fingerprint density at radius 2 is 1.85 bits per heavy atom. The molecule has 5 rings (SSSR count). The Labute approximate surface area is 223 Å². The van der Waals surface area contributed by atoms with Gasteiger partial charge >= 0.3 is 17.6 Å². The Bertz CT molecular complexity index is 1700. The van der Waals surface area contributed by atoms with Gasteiger partial charge in [0.05, 0.1) is 30.5 Å². The van der Waals surface area contributed by atoms with E-state index in [1.807, 2.05) is 0 Å². The number of H-pyrrole nitrogens is 1. The van der Waals surface area contributed by atoms with Gasteiger partial charge in [0, 0.05) is 11.8 Å². The molecule has 11 nitrogen and oxygen atoms in total. The highest BCUT2D eigenvalue weighted by Gasteiger charge is 2.31. The number of aromatic nitrogens is 4. The Morgan fingerprint density at radius 1 is 1.10 bits per heavy atom. The molecule has 0 saturated heterocycles. The molecule has 14 heteroatoms. The molecule has 0 radical (unpaired) electrons. The quantitative estimate of drug-likeness (QED) is 0.355. The maximum atomic E-state index is 12.9. The van der Waals surface area contributed by atoms with Crippen molar-refractivity contribution in [2.75, 3.05) is 13.7 Å². The molecule has 2 aromatic carbocycles. The van der Waals surface area contributed by atoms with Crippen LogP contribution in [0.4, 0.5) is 13.2 Å². The fourth-order valence-electron chi connectivity index (χ4n) is 3.82. The van der Waals surface area contributed by atoms with Crippen LogP contribution in [-0.2, 0) is 10.9 Å². The molecule has 210 valence electrons. The van der Waals surface area contributed by atoms with Gasteiger partial charge in [0.25, 0.3) is 5.56 Å². The lowest BCUT2D eigenvalue weighted by molar-refractivity contribution is -0.137. The maximum Gasteiger partial charge on any atom is 0.446 e. The summed E-state index contributed by atoms with van der Waals surface area (Å²) in [6.07, 6.45) is -0.709.